The van der Waals surface area contributed by atoms with Gasteiger partial charge in [-0.05, 0) is 51.1 Å². The third kappa shape index (κ3) is 3.52. The quantitative estimate of drug-likeness (QED) is 0.656. The molecule has 0 spiro atoms. The summed E-state index contributed by atoms with van der Waals surface area (Å²) in [6, 6.07) is 13.4. The molecule has 26 heavy (non-hydrogen) atoms. The van der Waals surface area contributed by atoms with Gasteiger partial charge in [-0.2, -0.15) is 0 Å². The van der Waals surface area contributed by atoms with Crippen molar-refractivity contribution in [3.05, 3.63) is 82.7 Å². The van der Waals surface area contributed by atoms with Crippen LogP contribution in [0.15, 0.2) is 48.5 Å². The van der Waals surface area contributed by atoms with Gasteiger partial charge in [0.25, 0.3) is 0 Å². The van der Waals surface area contributed by atoms with Crippen molar-refractivity contribution in [3.63, 3.8) is 0 Å². The predicted octanol–water partition coefficient (Wildman–Crippen LogP) is 4.98. The fraction of sp³-hybridized carbons (Fsp3) is 0.190. The number of ketones is 1. The number of aryl methyl sites for hydroxylation is 2. The Morgan fingerprint density at radius 2 is 1.65 bits per heavy atom. The van der Waals surface area contributed by atoms with E-state index in [0.29, 0.717) is 11.3 Å². The Labute approximate surface area is 151 Å². The number of hydrogen-bond acceptors (Lipinski definition) is 2. The van der Waals surface area contributed by atoms with Crippen molar-refractivity contribution in [1.82, 2.24) is 4.57 Å². The largest absolute Gasteiger partial charge is 0.377 e. The first kappa shape index (κ1) is 17.9. The third-order valence-corrected chi connectivity index (χ3v) is 4.40. The monoisotopic (exact) mass is 354 g/mol. The summed E-state index contributed by atoms with van der Waals surface area (Å²) in [7, 11) is 0. The number of aromatic nitrogens is 1. The zero-order valence-electron chi connectivity index (χ0n) is 14.9. The molecule has 0 aliphatic rings. The van der Waals surface area contributed by atoms with Crippen molar-refractivity contribution in [2.75, 3.05) is 11.9 Å². The van der Waals surface area contributed by atoms with Crippen LogP contribution in [0.25, 0.3) is 5.69 Å². The summed E-state index contributed by atoms with van der Waals surface area (Å²) in [6.45, 7) is 5.88. The van der Waals surface area contributed by atoms with Crippen molar-refractivity contribution >= 4 is 11.5 Å². The zero-order valence-corrected chi connectivity index (χ0v) is 14.9. The Hall–Kier alpha value is -2.95. The maximum Gasteiger partial charge on any atom is 0.183 e. The van der Waals surface area contributed by atoms with E-state index in [1.165, 1.54) is 11.6 Å². The van der Waals surface area contributed by atoms with Crippen molar-refractivity contribution in [2.24, 2.45) is 0 Å². The number of benzene rings is 2. The van der Waals surface area contributed by atoms with Gasteiger partial charge >= 0.3 is 0 Å². The lowest BCUT2D eigenvalue weighted by molar-refractivity contribution is 0.101. The summed E-state index contributed by atoms with van der Waals surface area (Å²) in [5.41, 5.74) is 4.95. The molecule has 1 N–H and O–H groups in total. The number of rotatable bonds is 5. The van der Waals surface area contributed by atoms with Gasteiger partial charge in [0, 0.05) is 34.4 Å². The average molecular weight is 354 g/mol. The maximum atomic E-state index is 13.3. The Kier molecular flexibility index (Phi) is 4.89. The number of carbonyl (C=O) groups is 1. The molecule has 1 aromatic heterocycles. The minimum Gasteiger partial charge on any atom is -0.377 e. The molecule has 0 aliphatic carbocycles. The predicted molar refractivity (Wildman–Crippen MR) is 99.2 cm³/mol. The SMILES string of the molecule is Cc1ccc(-n2c(C)cc(C(=O)CNc3ccc(F)c(F)c3)c2C)cc1. The molecule has 1 heterocycles. The lowest BCUT2D eigenvalue weighted by Crippen LogP contribution is -2.15. The van der Waals surface area contributed by atoms with Gasteiger partial charge in [0.1, 0.15) is 0 Å². The minimum absolute atomic E-state index is 0.00324. The molecular formula is C21H20F2N2O. The van der Waals surface area contributed by atoms with Crippen molar-refractivity contribution in [3.8, 4) is 5.69 Å². The second-order valence-electron chi connectivity index (χ2n) is 6.36. The summed E-state index contributed by atoms with van der Waals surface area (Å²) in [4.78, 5) is 12.6. The van der Waals surface area contributed by atoms with Crippen LogP contribution in [-0.2, 0) is 0 Å². The van der Waals surface area contributed by atoms with Crippen LogP contribution >= 0.6 is 0 Å². The topological polar surface area (TPSA) is 34.0 Å². The highest BCUT2D eigenvalue weighted by Gasteiger charge is 2.16. The molecule has 3 nitrogen and oxygen atoms in total. The minimum atomic E-state index is -0.944. The first-order chi connectivity index (χ1) is 12.4. The molecule has 5 heteroatoms. The molecule has 0 unspecified atom stereocenters. The van der Waals surface area contributed by atoms with E-state index < -0.39 is 11.6 Å². The van der Waals surface area contributed by atoms with E-state index in [1.54, 1.807) is 0 Å². The van der Waals surface area contributed by atoms with Gasteiger partial charge in [0.2, 0.25) is 0 Å². The van der Waals surface area contributed by atoms with Gasteiger partial charge in [-0.15, -0.1) is 0 Å². The number of Topliss-reactive ketones (excluding diaryl/α,β-unsaturated/α-hetero) is 1. The lowest BCUT2D eigenvalue weighted by Gasteiger charge is -2.10. The van der Waals surface area contributed by atoms with Crippen LogP contribution in [-0.4, -0.2) is 16.9 Å². The summed E-state index contributed by atoms with van der Waals surface area (Å²) < 4.78 is 28.3. The van der Waals surface area contributed by atoms with Crippen molar-refractivity contribution in [1.29, 1.82) is 0 Å². The molecular weight excluding hydrogens is 334 g/mol. The van der Waals surface area contributed by atoms with Gasteiger partial charge in [0.15, 0.2) is 17.4 Å². The smallest absolute Gasteiger partial charge is 0.183 e. The summed E-state index contributed by atoms with van der Waals surface area (Å²) in [6.07, 6.45) is 0. The normalized spacial score (nSPS) is 10.8. The van der Waals surface area contributed by atoms with E-state index in [0.717, 1.165) is 29.2 Å². The summed E-state index contributed by atoms with van der Waals surface area (Å²) in [5.74, 6) is -1.97. The zero-order chi connectivity index (χ0) is 18.8. The maximum absolute atomic E-state index is 13.3. The Balaban J connectivity index is 1.80. The molecule has 0 radical (unpaired) electrons. The molecule has 0 fully saturated rings. The van der Waals surface area contributed by atoms with Crippen LogP contribution in [0.4, 0.5) is 14.5 Å². The van der Waals surface area contributed by atoms with Crippen LogP contribution in [0.3, 0.4) is 0 Å². The first-order valence-corrected chi connectivity index (χ1v) is 8.35. The van der Waals surface area contributed by atoms with E-state index in [1.807, 2.05) is 55.7 Å². The fourth-order valence-electron chi connectivity index (χ4n) is 3.02. The fourth-order valence-corrected chi connectivity index (χ4v) is 3.02. The second-order valence-corrected chi connectivity index (χ2v) is 6.36. The average Bonchev–Trinajstić information content (AvgIpc) is 2.91. The summed E-state index contributed by atoms with van der Waals surface area (Å²) in [5, 5.41) is 2.85. The molecule has 0 saturated heterocycles. The van der Waals surface area contributed by atoms with E-state index >= 15 is 0 Å². The molecule has 3 rings (SSSR count). The van der Waals surface area contributed by atoms with Gasteiger partial charge in [-0.3, -0.25) is 4.79 Å². The van der Waals surface area contributed by atoms with Crippen molar-refractivity contribution in [2.45, 2.75) is 20.8 Å². The highest BCUT2D eigenvalue weighted by atomic mass is 19.2. The molecule has 0 saturated carbocycles. The Bertz CT molecular complexity index is 959. The molecule has 2 aromatic carbocycles. The highest BCUT2D eigenvalue weighted by molar-refractivity contribution is 6.00. The van der Waals surface area contributed by atoms with Crippen LogP contribution in [0.5, 0.6) is 0 Å². The molecule has 134 valence electrons. The van der Waals surface area contributed by atoms with Crippen molar-refractivity contribution < 1.29 is 13.6 Å². The van der Waals surface area contributed by atoms with Crippen LogP contribution in [0.2, 0.25) is 0 Å². The second kappa shape index (κ2) is 7.12. The Morgan fingerprint density at radius 3 is 2.31 bits per heavy atom. The van der Waals surface area contributed by atoms with E-state index in [4.69, 9.17) is 0 Å². The standard InChI is InChI=1S/C21H20F2N2O/c1-13-4-7-17(8-5-13)25-14(2)10-18(15(25)3)21(26)12-24-16-6-9-19(22)20(23)11-16/h4-11,24H,12H2,1-3H3. The van der Waals surface area contributed by atoms with Gasteiger partial charge in [-0.1, -0.05) is 17.7 Å². The summed E-state index contributed by atoms with van der Waals surface area (Å²) >= 11 is 0. The Morgan fingerprint density at radius 1 is 0.962 bits per heavy atom. The van der Waals surface area contributed by atoms with E-state index in [9.17, 15) is 13.6 Å². The number of carbonyl (C=O) groups excluding carboxylic acids is 1. The van der Waals surface area contributed by atoms with Gasteiger partial charge < -0.3 is 9.88 Å². The first-order valence-electron chi connectivity index (χ1n) is 8.35. The van der Waals surface area contributed by atoms with Gasteiger partial charge in [0.05, 0.1) is 6.54 Å². The molecule has 0 bridgehead atoms. The number of hydrogen-bond donors (Lipinski definition) is 1. The third-order valence-electron chi connectivity index (χ3n) is 4.40. The molecule has 0 atom stereocenters. The van der Waals surface area contributed by atoms with E-state index in [-0.39, 0.29) is 12.3 Å². The highest BCUT2D eigenvalue weighted by Crippen LogP contribution is 2.22. The van der Waals surface area contributed by atoms with Gasteiger partial charge in [-0.25, -0.2) is 8.78 Å². The van der Waals surface area contributed by atoms with Crippen LogP contribution < -0.4 is 5.32 Å². The number of nitrogens with zero attached hydrogens (tertiary/aromatic N) is 1. The van der Waals surface area contributed by atoms with E-state index in [2.05, 4.69) is 5.32 Å². The van der Waals surface area contributed by atoms with Crippen LogP contribution in [0.1, 0.15) is 27.3 Å². The molecule has 0 aliphatic heterocycles. The number of halogens is 2. The van der Waals surface area contributed by atoms with Crippen LogP contribution in [0, 0.1) is 32.4 Å². The molecule has 0 amide bonds. The lowest BCUT2D eigenvalue weighted by atomic mass is 10.1. The molecule has 3 aromatic rings. The number of anilines is 1. The number of nitrogens with one attached hydrogen (secondary N) is 1.